The van der Waals surface area contributed by atoms with Gasteiger partial charge in [-0.15, -0.1) is 0 Å². The van der Waals surface area contributed by atoms with Crippen LogP contribution >= 0.6 is 23.5 Å². The quantitative estimate of drug-likeness (QED) is 0.224. The van der Waals surface area contributed by atoms with E-state index in [-0.39, 0.29) is 28.1 Å². The second-order valence-corrected chi connectivity index (χ2v) is 12.2. The Morgan fingerprint density at radius 3 is 1.71 bits per heavy atom. The van der Waals surface area contributed by atoms with Crippen molar-refractivity contribution in [2.45, 2.75) is 51.9 Å². The Labute approximate surface area is 227 Å². The lowest BCUT2D eigenvalue weighted by molar-refractivity contribution is -0.137. The van der Waals surface area contributed by atoms with E-state index in [4.69, 9.17) is 0 Å². The average molecular weight is 549 g/mol. The van der Waals surface area contributed by atoms with Gasteiger partial charge in [-0.25, -0.2) is 0 Å². The highest BCUT2D eigenvalue weighted by atomic mass is 32.2. The second kappa shape index (κ2) is 9.79. The van der Waals surface area contributed by atoms with Crippen molar-refractivity contribution < 1.29 is 22.8 Å². The van der Waals surface area contributed by atoms with Gasteiger partial charge < -0.3 is 0 Å². The van der Waals surface area contributed by atoms with E-state index < -0.39 is 11.7 Å². The molecule has 0 spiro atoms. The molecule has 0 fully saturated rings. The zero-order valence-corrected chi connectivity index (χ0v) is 22.5. The van der Waals surface area contributed by atoms with Crippen LogP contribution in [0, 0.1) is 0 Å². The Morgan fingerprint density at radius 1 is 0.605 bits per heavy atom. The molecule has 0 unspecified atom stereocenters. The Bertz CT molecular complexity index is 1580. The molecule has 0 N–H and O–H groups in total. The number of rotatable bonds is 4. The molecule has 192 valence electrons. The number of carbonyl (C=O) groups excluding carboxylic acids is 2. The average Bonchev–Trinajstić information content (AvgIpc) is 2.86. The van der Waals surface area contributed by atoms with Crippen molar-refractivity contribution >= 4 is 35.1 Å². The molecule has 0 atom stereocenters. The van der Waals surface area contributed by atoms with Crippen LogP contribution in [0.1, 0.15) is 63.7 Å². The maximum Gasteiger partial charge on any atom is 0.416 e. The number of hydrogen-bond acceptors (Lipinski definition) is 4. The SMILES string of the molecule is CC(C)(C)c1ccccc1Sc1cccc2c1C(=O)c1cccc(Sc3cccc(C(F)(F)F)c3)c1C2=O. The molecule has 0 saturated carbocycles. The first-order valence-electron chi connectivity index (χ1n) is 11.9. The molecular formula is C31H23F3O2S2. The number of carbonyl (C=O) groups is 2. The molecule has 7 heteroatoms. The van der Waals surface area contributed by atoms with Gasteiger partial charge in [0.15, 0.2) is 11.6 Å². The first-order chi connectivity index (χ1) is 17.9. The van der Waals surface area contributed by atoms with E-state index in [1.165, 1.54) is 17.8 Å². The number of fused-ring (bicyclic) bond motifs is 2. The van der Waals surface area contributed by atoms with Crippen LogP contribution in [-0.4, -0.2) is 11.6 Å². The van der Waals surface area contributed by atoms with E-state index in [1.807, 2.05) is 24.3 Å². The Hall–Kier alpha value is -3.29. The third-order valence-corrected chi connectivity index (χ3v) is 8.49. The van der Waals surface area contributed by atoms with Gasteiger partial charge in [0, 0.05) is 41.8 Å². The first-order valence-corrected chi connectivity index (χ1v) is 13.6. The molecule has 0 radical (unpaired) electrons. The number of hydrogen-bond donors (Lipinski definition) is 0. The van der Waals surface area contributed by atoms with Gasteiger partial charge in [0.25, 0.3) is 0 Å². The fraction of sp³-hybridized carbons (Fsp3) is 0.161. The fourth-order valence-electron chi connectivity index (χ4n) is 4.51. The molecule has 0 heterocycles. The van der Waals surface area contributed by atoms with Gasteiger partial charge in [0.05, 0.1) is 5.56 Å². The summed E-state index contributed by atoms with van der Waals surface area (Å²) < 4.78 is 39.7. The molecular weight excluding hydrogens is 525 g/mol. The lowest BCUT2D eigenvalue weighted by Crippen LogP contribution is -2.22. The van der Waals surface area contributed by atoms with Gasteiger partial charge >= 0.3 is 6.18 Å². The molecule has 38 heavy (non-hydrogen) atoms. The molecule has 0 bridgehead atoms. The summed E-state index contributed by atoms with van der Waals surface area (Å²) in [5, 5.41) is 0. The van der Waals surface area contributed by atoms with E-state index in [0.717, 1.165) is 34.4 Å². The van der Waals surface area contributed by atoms with E-state index >= 15 is 0 Å². The highest BCUT2D eigenvalue weighted by Crippen LogP contribution is 2.43. The third-order valence-electron chi connectivity index (χ3n) is 6.30. The third kappa shape index (κ3) is 4.93. The predicted molar refractivity (Wildman–Crippen MR) is 145 cm³/mol. The summed E-state index contributed by atoms with van der Waals surface area (Å²) >= 11 is 2.51. The molecule has 0 aromatic heterocycles. The number of alkyl halides is 3. The predicted octanol–water partition coefficient (Wildman–Crippen LogP) is 9.08. The van der Waals surface area contributed by atoms with Gasteiger partial charge in [-0.1, -0.05) is 92.8 Å². The van der Waals surface area contributed by atoms with Gasteiger partial charge in [0.2, 0.25) is 0 Å². The van der Waals surface area contributed by atoms with Crippen molar-refractivity contribution in [2.24, 2.45) is 0 Å². The molecule has 0 saturated heterocycles. The zero-order valence-electron chi connectivity index (χ0n) is 20.8. The van der Waals surface area contributed by atoms with Crippen molar-refractivity contribution in [3.05, 3.63) is 118 Å². The van der Waals surface area contributed by atoms with Crippen LogP contribution in [0.15, 0.2) is 105 Å². The van der Waals surface area contributed by atoms with Gasteiger partial charge in [-0.2, -0.15) is 13.2 Å². The van der Waals surface area contributed by atoms with Crippen LogP contribution in [0.2, 0.25) is 0 Å². The lowest BCUT2D eigenvalue weighted by Gasteiger charge is -2.24. The topological polar surface area (TPSA) is 34.1 Å². The van der Waals surface area contributed by atoms with Crippen molar-refractivity contribution in [1.29, 1.82) is 0 Å². The summed E-state index contributed by atoms with van der Waals surface area (Å²) in [5.74, 6) is -0.575. The van der Waals surface area contributed by atoms with Crippen LogP contribution in [0.3, 0.4) is 0 Å². The van der Waals surface area contributed by atoms with E-state index in [0.29, 0.717) is 25.8 Å². The lowest BCUT2D eigenvalue weighted by atomic mass is 9.84. The van der Waals surface area contributed by atoms with Crippen LogP contribution < -0.4 is 0 Å². The second-order valence-electron chi connectivity index (χ2n) is 9.99. The summed E-state index contributed by atoms with van der Waals surface area (Å²) in [6.07, 6.45) is -4.48. The summed E-state index contributed by atoms with van der Waals surface area (Å²) in [4.78, 5) is 30.1. The molecule has 0 aliphatic heterocycles. The maximum atomic E-state index is 13.8. The van der Waals surface area contributed by atoms with Crippen molar-refractivity contribution in [2.75, 3.05) is 0 Å². The van der Waals surface area contributed by atoms with Crippen molar-refractivity contribution in [1.82, 2.24) is 0 Å². The van der Waals surface area contributed by atoms with Gasteiger partial charge in [-0.3, -0.25) is 9.59 Å². The Balaban J connectivity index is 1.56. The van der Waals surface area contributed by atoms with Crippen LogP contribution in [0.25, 0.3) is 0 Å². The molecule has 4 aromatic rings. The summed E-state index contributed by atoms with van der Waals surface area (Å²) in [5.41, 5.74) is 1.41. The molecule has 0 amide bonds. The molecule has 4 aromatic carbocycles. The molecule has 2 nitrogen and oxygen atoms in total. The maximum absolute atomic E-state index is 13.8. The monoisotopic (exact) mass is 548 g/mol. The van der Waals surface area contributed by atoms with Gasteiger partial charge in [-0.05, 0) is 47.4 Å². The number of benzene rings is 4. The fourth-order valence-corrected chi connectivity index (χ4v) is 6.86. The highest BCUT2D eigenvalue weighted by molar-refractivity contribution is 7.99. The summed E-state index contributed by atoms with van der Waals surface area (Å²) in [6.45, 7) is 6.38. The van der Waals surface area contributed by atoms with Gasteiger partial charge in [0.1, 0.15) is 0 Å². The highest BCUT2D eigenvalue weighted by Gasteiger charge is 2.35. The van der Waals surface area contributed by atoms with Crippen LogP contribution in [-0.2, 0) is 11.6 Å². The zero-order chi connectivity index (χ0) is 27.2. The van der Waals surface area contributed by atoms with E-state index in [9.17, 15) is 22.8 Å². The normalized spacial score (nSPS) is 13.3. The summed E-state index contributed by atoms with van der Waals surface area (Å²) in [6, 6.07) is 23.2. The Morgan fingerprint density at radius 2 is 1.13 bits per heavy atom. The number of ketones is 2. The Kier molecular flexibility index (Phi) is 6.78. The van der Waals surface area contributed by atoms with E-state index in [2.05, 4.69) is 26.8 Å². The van der Waals surface area contributed by atoms with Crippen LogP contribution in [0.5, 0.6) is 0 Å². The first kappa shape index (κ1) is 26.3. The largest absolute Gasteiger partial charge is 0.416 e. The summed E-state index contributed by atoms with van der Waals surface area (Å²) in [7, 11) is 0. The van der Waals surface area contributed by atoms with Crippen LogP contribution in [0.4, 0.5) is 13.2 Å². The van der Waals surface area contributed by atoms with Crippen molar-refractivity contribution in [3.8, 4) is 0 Å². The minimum atomic E-state index is -4.48. The molecule has 1 aliphatic carbocycles. The standard InChI is InChI=1S/C31H23F3O2S2/c1-30(2,3)22-13-4-5-14-23(22)38-25-16-8-12-21-27(25)29(36)20-11-7-15-24(26(20)28(21)35)37-19-10-6-9-18(17-19)31(32,33)34/h4-17H,1-3H3. The minimum Gasteiger partial charge on any atom is -0.289 e. The smallest absolute Gasteiger partial charge is 0.289 e. The van der Waals surface area contributed by atoms with Crippen molar-refractivity contribution in [3.63, 3.8) is 0 Å². The molecule has 5 rings (SSSR count). The minimum absolute atomic E-state index is 0.111. The molecule has 1 aliphatic rings. The van der Waals surface area contributed by atoms with E-state index in [1.54, 1.807) is 36.4 Å². The number of halogens is 3.